The minimum atomic E-state index is -1.09. The Morgan fingerprint density at radius 1 is 1.00 bits per heavy atom. The molecule has 0 fully saturated rings. The number of pyridine rings is 2. The van der Waals surface area contributed by atoms with Gasteiger partial charge in [-0.05, 0) is 43.3 Å². The normalized spacial score (nSPS) is 10.6. The molecule has 0 unspecified atom stereocenters. The highest BCUT2D eigenvalue weighted by Crippen LogP contribution is 2.36. The zero-order valence-electron chi connectivity index (χ0n) is 20.6. The number of ether oxygens (including phenoxy) is 2. The number of carbonyl (C=O) groups is 2. The summed E-state index contributed by atoms with van der Waals surface area (Å²) in [4.78, 5) is 44.6. The molecule has 9 nitrogen and oxygen atoms in total. The van der Waals surface area contributed by atoms with Crippen LogP contribution in [0.25, 0.3) is 0 Å². The van der Waals surface area contributed by atoms with Gasteiger partial charge < -0.3 is 19.8 Å². The first-order chi connectivity index (χ1) is 18.7. The summed E-state index contributed by atoms with van der Waals surface area (Å²) in [6, 6.07) is 9.83. The Bertz CT molecular complexity index is 1590. The van der Waals surface area contributed by atoms with E-state index in [0.29, 0.717) is 12.1 Å². The smallest absolute Gasteiger partial charge is 0.272 e. The Morgan fingerprint density at radius 3 is 2.44 bits per heavy atom. The second-order valence-electron chi connectivity index (χ2n) is 7.99. The molecule has 0 spiro atoms. The number of aromatic nitrogens is 2. The van der Waals surface area contributed by atoms with Crippen LogP contribution in [0.2, 0.25) is 0 Å². The maximum Gasteiger partial charge on any atom is 0.272 e. The van der Waals surface area contributed by atoms with Crippen molar-refractivity contribution in [1.29, 1.82) is 0 Å². The number of hydrogen-bond acceptors (Lipinski definition) is 6. The molecule has 0 saturated carbocycles. The number of halogens is 3. The minimum absolute atomic E-state index is 0.0449. The van der Waals surface area contributed by atoms with Crippen LogP contribution in [0.1, 0.15) is 24.2 Å². The van der Waals surface area contributed by atoms with Gasteiger partial charge in [0, 0.05) is 43.2 Å². The molecule has 0 radical (unpaired) electrons. The van der Waals surface area contributed by atoms with Crippen molar-refractivity contribution in [3.8, 4) is 17.2 Å². The second-order valence-corrected chi connectivity index (χ2v) is 7.99. The number of aromatic amines is 1. The molecule has 2 amide bonds. The van der Waals surface area contributed by atoms with Crippen LogP contribution in [0.15, 0.2) is 71.8 Å². The molecule has 2 N–H and O–H groups in total. The molecule has 0 aliphatic heterocycles. The lowest BCUT2D eigenvalue weighted by molar-refractivity contribution is -0.114. The highest BCUT2D eigenvalue weighted by Gasteiger charge is 2.29. The molecule has 0 aliphatic rings. The van der Waals surface area contributed by atoms with Crippen molar-refractivity contribution in [2.45, 2.75) is 13.8 Å². The molecule has 4 aromatic rings. The molecular formula is C27H21F3N4O5. The van der Waals surface area contributed by atoms with Crippen LogP contribution in [0.4, 0.5) is 30.4 Å². The largest absolute Gasteiger partial charge is 0.493 e. The molecule has 0 saturated heterocycles. The van der Waals surface area contributed by atoms with E-state index in [1.165, 1.54) is 49.6 Å². The van der Waals surface area contributed by atoms with Crippen LogP contribution in [-0.4, -0.2) is 28.4 Å². The number of nitrogens with zero attached hydrogens (tertiary/aromatic N) is 2. The zero-order valence-corrected chi connectivity index (χ0v) is 20.6. The second kappa shape index (κ2) is 11.5. The molecule has 2 heterocycles. The van der Waals surface area contributed by atoms with Gasteiger partial charge in [-0.25, -0.2) is 18.2 Å². The Labute approximate surface area is 219 Å². The van der Waals surface area contributed by atoms with E-state index in [2.05, 4.69) is 15.3 Å². The monoisotopic (exact) mass is 538 g/mol. The van der Waals surface area contributed by atoms with Gasteiger partial charge >= 0.3 is 0 Å². The molecule has 0 atom stereocenters. The topological polar surface area (TPSA) is 114 Å². The first kappa shape index (κ1) is 26.9. The summed E-state index contributed by atoms with van der Waals surface area (Å²) >= 11 is 0. The molecule has 0 bridgehead atoms. The van der Waals surface area contributed by atoms with E-state index in [-0.39, 0.29) is 29.6 Å². The summed E-state index contributed by atoms with van der Waals surface area (Å²) in [6.07, 6.45) is 2.57. The van der Waals surface area contributed by atoms with Crippen LogP contribution in [0, 0.1) is 17.5 Å². The maximum atomic E-state index is 15.5. The van der Waals surface area contributed by atoms with Gasteiger partial charge in [-0.3, -0.25) is 19.3 Å². The van der Waals surface area contributed by atoms with Crippen molar-refractivity contribution in [1.82, 2.24) is 9.97 Å². The van der Waals surface area contributed by atoms with E-state index in [4.69, 9.17) is 9.47 Å². The van der Waals surface area contributed by atoms with E-state index in [9.17, 15) is 18.8 Å². The molecule has 39 heavy (non-hydrogen) atoms. The molecular weight excluding hydrogens is 517 g/mol. The van der Waals surface area contributed by atoms with Crippen LogP contribution in [0.5, 0.6) is 17.2 Å². The van der Waals surface area contributed by atoms with E-state index in [0.717, 1.165) is 17.0 Å². The van der Waals surface area contributed by atoms with Gasteiger partial charge in [-0.1, -0.05) is 0 Å². The highest BCUT2D eigenvalue weighted by molar-refractivity contribution is 6.12. The van der Waals surface area contributed by atoms with Crippen molar-refractivity contribution < 1.29 is 32.2 Å². The van der Waals surface area contributed by atoms with Gasteiger partial charge in [0.05, 0.1) is 12.3 Å². The Hall–Kier alpha value is -5.13. The van der Waals surface area contributed by atoms with Crippen molar-refractivity contribution in [3.05, 3.63) is 100 Å². The summed E-state index contributed by atoms with van der Waals surface area (Å²) in [6.45, 7) is 3.04. The third-order valence-corrected chi connectivity index (χ3v) is 5.23. The fraction of sp³-hybridized carbons (Fsp3) is 0.111. The molecule has 0 aliphatic carbocycles. The van der Waals surface area contributed by atoms with E-state index < -0.39 is 51.8 Å². The molecule has 12 heteroatoms. The molecule has 4 rings (SSSR count). The first-order valence-electron chi connectivity index (χ1n) is 11.5. The van der Waals surface area contributed by atoms with E-state index in [1.807, 2.05) is 0 Å². The summed E-state index contributed by atoms with van der Waals surface area (Å²) in [7, 11) is 0. The van der Waals surface area contributed by atoms with Crippen LogP contribution in [-0.2, 0) is 4.79 Å². The molecule has 200 valence electrons. The third-order valence-electron chi connectivity index (χ3n) is 5.23. The van der Waals surface area contributed by atoms with Gasteiger partial charge in [0.1, 0.15) is 28.7 Å². The number of H-pyrrole nitrogens is 1. The summed E-state index contributed by atoms with van der Waals surface area (Å²) in [5, 5.41) is 2.44. The lowest BCUT2D eigenvalue weighted by Gasteiger charge is -2.24. The maximum absolute atomic E-state index is 15.5. The van der Waals surface area contributed by atoms with Gasteiger partial charge in [-0.2, -0.15) is 0 Å². The first-order valence-corrected chi connectivity index (χ1v) is 11.5. The lowest BCUT2D eigenvalue weighted by atomic mass is 10.1. The van der Waals surface area contributed by atoms with E-state index in [1.54, 1.807) is 6.92 Å². The van der Waals surface area contributed by atoms with Crippen molar-refractivity contribution in [2.24, 2.45) is 0 Å². The number of benzene rings is 2. The number of carbonyl (C=O) groups excluding carboxylic acids is 2. The lowest BCUT2D eigenvalue weighted by Crippen LogP contribution is -2.32. The van der Waals surface area contributed by atoms with E-state index >= 15 is 8.78 Å². The summed E-state index contributed by atoms with van der Waals surface area (Å²) in [5.41, 5.74) is -1.92. The van der Waals surface area contributed by atoms with Gasteiger partial charge in [-0.15, -0.1) is 0 Å². The third kappa shape index (κ3) is 6.06. The SMILES string of the molecule is CCOc1cc[nH]c(=O)c1C(=O)N(c1ccc(F)cc1)c1cc(F)c(Oc2ccnc(NC(C)=O)c2)cc1F. The van der Waals surface area contributed by atoms with Crippen molar-refractivity contribution in [2.75, 3.05) is 16.8 Å². The van der Waals surface area contributed by atoms with Gasteiger partial charge in [0.2, 0.25) is 5.91 Å². The van der Waals surface area contributed by atoms with Crippen LogP contribution >= 0.6 is 0 Å². The quantitative estimate of drug-likeness (QED) is 0.314. The van der Waals surface area contributed by atoms with Crippen molar-refractivity contribution in [3.63, 3.8) is 0 Å². The Kier molecular flexibility index (Phi) is 7.94. The highest BCUT2D eigenvalue weighted by atomic mass is 19.1. The minimum Gasteiger partial charge on any atom is -0.493 e. The predicted molar refractivity (Wildman–Crippen MR) is 136 cm³/mol. The van der Waals surface area contributed by atoms with Crippen LogP contribution < -0.4 is 25.2 Å². The summed E-state index contributed by atoms with van der Waals surface area (Å²) in [5.74, 6) is -4.66. The number of rotatable bonds is 8. The zero-order chi connectivity index (χ0) is 28.1. The molecule has 2 aromatic carbocycles. The fourth-order valence-corrected chi connectivity index (χ4v) is 3.62. The predicted octanol–water partition coefficient (Wildman–Crippen LogP) is 5.32. The number of nitrogens with one attached hydrogen (secondary N) is 2. The number of amides is 2. The molecule has 2 aromatic heterocycles. The van der Waals surface area contributed by atoms with Gasteiger partial charge in [0.15, 0.2) is 17.4 Å². The summed E-state index contributed by atoms with van der Waals surface area (Å²) < 4.78 is 55.3. The van der Waals surface area contributed by atoms with Crippen LogP contribution in [0.3, 0.4) is 0 Å². The number of anilines is 3. The van der Waals surface area contributed by atoms with Crippen molar-refractivity contribution >= 4 is 29.0 Å². The Morgan fingerprint density at radius 2 is 1.74 bits per heavy atom. The fourth-order valence-electron chi connectivity index (χ4n) is 3.62. The standard InChI is InChI=1S/C27H21F3N4O5/c1-3-38-22-9-11-32-26(36)25(22)27(37)34(17-6-4-16(28)5-7-17)21-13-20(30)23(14-19(21)29)39-18-8-10-31-24(12-18)33-15(2)35/h4-14H,3H2,1-2H3,(H,32,36)(H,31,33,35). The average Bonchev–Trinajstić information content (AvgIpc) is 2.88. The van der Waals surface area contributed by atoms with Gasteiger partial charge in [0.25, 0.3) is 11.5 Å². The Balaban J connectivity index is 1.79. The number of hydrogen-bond donors (Lipinski definition) is 2. The average molecular weight is 538 g/mol.